The predicted molar refractivity (Wildman–Crippen MR) is 55.7 cm³/mol. The molecule has 102 valence electrons. The van der Waals surface area contributed by atoms with E-state index in [0.29, 0.717) is 5.69 Å². The van der Waals surface area contributed by atoms with Crippen LogP contribution in [0.25, 0.3) is 0 Å². The Morgan fingerprint density at radius 1 is 1.28 bits per heavy atom. The van der Waals surface area contributed by atoms with E-state index in [4.69, 9.17) is 0 Å². The number of benzene rings is 1. The maximum absolute atomic E-state index is 11.9. The summed E-state index contributed by atoms with van der Waals surface area (Å²) in [5.74, 6) is -0.610. The molecule has 1 aromatic rings. The molecule has 18 heavy (non-hydrogen) atoms. The van der Waals surface area contributed by atoms with Gasteiger partial charge in [-0.15, -0.1) is 13.2 Å². The molecule has 0 aliphatic rings. The van der Waals surface area contributed by atoms with Gasteiger partial charge in [0.15, 0.2) is 0 Å². The van der Waals surface area contributed by atoms with Crippen LogP contribution in [0.3, 0.4) is 0 Å². The van der Waals surface area contributed by atoms with Crippen molar-refractivity contribution in [3.63, 3.8) is 0 Å². The van der Waals surface area contributed by atoms with Crippen LogP contribution in [0.15, 0.2) is 24.3 Å². The van der Waals surface area contributed by atoms with Gasteiger partial charge in [-0.25, -0.2) is 0 Å². The van der Waals surface area contributed by atoms with Gasteiger partial charge in [-0.05, 0) is 31.3 Å². The van der Waals surface area contributed by atoms with Gasteiger partial charge in [-0.1, -0.05) is 0 Å². The molecule has 0 spiro atoms. The lowest BCUT2D eigenvalue weighted by molar-refractivity contribution is -0.274. The van der Waals surface area contributed by atoms with E-state index in [0.717, 1.165) is 12.1 Å². The number of halogens is 4. The molecule has 4 nitrogen and oxygen atoms in total. The van der Waals surface area contributed by atoms with Gasteiger partial charge in [0.25, 0.3) is 0 Å². The summed E-state index contributed by atoms with van der Waals surface area (Å²) >= 11 is 0. The molecule has 0 heterocycles. The number of ether oxygens (including phenoxy) is 1. The molecule has 0 saturated heterocycles. The number of carbonyl (C=O) groups is 1. The quantitative estimate of drug-likeness (QED) is 0.726. The number of likely N-dealkylation sites (N-methyl/N-ethyl adjacent to an activating group) is 1. The van der Waals surface area contributed by atoms with Crippen LogP contribution in [0.1, 0.15) is 0 Å². The molecule has 0 aromatic heterocycles. The molecule has 0 unspecified atom stereocenters. The van der Waals surface area contributed by atoms with Gasteiger partial charge in [0.1, 0.15) is 5.75 Å². The summed E-state index contributed by atoms with van der Waals surface area (Å²) in [6.45, 7) is 0.126. The largest absolute Gasteiger partial charge is 1.00 e. The smallest absolute Gasteiger partial charge is 0.573 e. The molecule has 0 atom stereocenters. The Morgan fingerprint density at radius 3 is 2.28 bits per heavy atom. The summed E-state index contributed by atoms with van der Waals surface area (Å²) in [5, 5.41) is 5.14. The molecule has 0 bridgehead atoms. The standard InChI is InChI=1S/C10H11F3N2O2.ClH/c1-14-6-9(16)15-7-2-4-8(5-3-7)17-10(11,12)13;/h2-5,14H,6H2,1H3,(H,15,16);1H/p-1. The maximum atomic E-state index is 11.9. The summed E-state index contributed by atoms with van der Waals surface area (Å²) in [4.78, 5) is 11.1. The Balaban J connectivity index is 0.00000289. The first-order chi connectivity index (χ1) is 7.90. The van der Waals surface area contributed by atoms with Crippen LogP contribution in [0.2, 0.25) is 0 Å². The molecule has 1 amide bonds. The first-order valence-corrected chi connectivity index (χ1v) is 4.71. The van der Waals surface area contributed by atoms with Crippen molar-refractivity contribution >= 4 is 11.6 Å². The summed E-state index contributed by atoms with van der Waals surface area (Å²) < 4.78 is 39.2. The van der Waals surface area contributed by atoms with Gasteiger partial charge in [-0.3, -0.25) is 4.79 Å². The summed E-state index contributed by atoms with van der Waals surface area (Å²) in [6.07, 6.45) is -4.71. The highest BCUT2D eigenvalue weighted by atomic mass is 35.5. The lowest BCUT2D eigenvalue weighted by Gasteiger charge is -2.09. The number of hydrogen-bond donors (Lipinski definition) is 2. The van der Waals surface area contributed by atoms with E-state index < -0.39 is 6.36 Å². The third kappa shape index (κ3) is 6.31. The zero-order chi connectivity index (χ0) is 12.9. The molecular weight excluding hydrogens is 273 g/mol. The molecule has 0 aliphatic carbocycles. The fourth-order valence-electron chi connectivity index (χ4n) is 1.11. The first kappa shape index (κ1) is 16.5. The van der Waals surface area contributed by atoms with Crippen molar-refractivity contribution in [2.75, 3.05) is 18.9 Å². The number of alkyl halides is 3. The molecule has 0 saturated carbocycles. The van der Waals surface area contributed by atoms with Crippen LogP contribution in [0, 0.1) is 0 Å². The lowest BCUT2D eigenvalue weighted by atomic mass is 10.3. The van der Waals surface area contributed by atoms with Crippen LogP contribution in [-0.2, 0) is 4.79 Å². The zero-order valence-corrected chi connectivity index (χ0v) is 10.1. The zero-order valence-electron chi connectivity index (χ0n) is 9.34. The van der Waals surface area contributed by atoms with E-state index in [1.54, 1.807) is 7.05 Å². The van der Waals surface area contributed by atoms with Gasteiger partial charge in [0, 0.05) is 5.69 Å². The van der Waals surface area contributed by atoms with E-state index >= 15 is 0 Å². The van der Waals surface area contributed by atoms with E-state index in [2.05, 4.69) is 15.4 Å². The highest BCUT2D eigenvalue weighted by molar-refractivity contribution is 5.92. The van der Waals surface area contributed by atoms with E-state index in [-0.39, 0.29) is 30.6 Å². The number of amides is 1. The van der Waals surface area contributed by atoms with E-state index in [1.165, 1.54) is 12.1 Å². The van der Waals surface area contributed by atoms with Crippen LogP contribution in [0.4, 0.5) is 18.9 Å². The maximum Gasteiger partial charge on any atom is 0.573 e. The second kappa shape index (κ2) is 7.07. The number of anilines is 1. The van der Waals surface area contributed by atoms with Crippen molar-refractivity contribution in [2.45, 2.75) is 6.36 Å². The molecule has 1 aromatic carbocycles. The number of hydrogen-bond acceptors (Lipinski definition) is 3. The van der Waals surface area contributed by atoms with Gasteiger partial charge in [-0.2, -0.15) is 0 Å². The first-order valence-electron chi connectivity index (χ1n) is 4.71. The Kier molecular flexibility index (Phi) is 6.50. The van der Waals surface area contributed by atoms with Crippen LogP contribution in [0.5, 0.6) is 5.75 Å². The van der Waals surface area contributed by atoms with Crippen molar-refractivity contribution in [2.24, 2.45) is 0 Å². The second-order valence-corrected chi connectivity index (χ2v) is 3.15. The van der Waals surface area contributed by atoms with Crippen molar-refractivity contribution in [3.8, 4) is 5.75 Å². The normalized spacial score (nSPS) is 10.4. The molecule has 1 rings (SSSR count). The highest BCUT2D eigenvalue weighted by Crippen LogP contribution is 2.23. The minimum Gasteiger partial charge on any atom is -1.00 e. The summed E-state index contributed by atoms with van der Waals surface area (Å²) in [6, 6.07) is 4.91. The van der Waals surface area contributed by atoms with Crippen LogP contribution in [-0.4, -0.2) is 25.9 Å². The fraction of sp³-hybridized carbons (Fsp3) is 0.300. The number of rotatable bonds is 4. The van der Waals surface area contributed by atoms with Gasteiger partial charge in [0.05, 0.1) is 6.54 Å². The minimum atomic E-state index is -4.71. The number of nitrogens with one attached hydrogen (secondary N) is 2. The molecular formula is C10H11ClF3N2O2-. The van der Waals surface area contributed by atoms with Gasteiger partial charge >= 0.3 is 6.36 Å². The lowest BCUT2D eigenvalue weighted by Crippen LogP contribution is -3.00. The Bertz CT molecular complexity index is 382. The molecule has 8 heteroatoms. The molecule has 2 N–H and O–H groups in total. The monoisotopic (exact) mass is 283 g/mol. The molecule has 0 aliphatic heterocycles. The highest BCUT2D eigenvalue weighted by Gasteiger charge is 2.30. The third-order valence-electron chi connectivity index (χ3n) is 1.71. The Hall–Kier alpha value is -1.47. The SMILES string of the molecule is CNCC(=O)Nc1ccc(OC(F)(F)F)cc1.[Cl-]. The predicted octanol–water partition coefficient (Wildman–Crippen LogP) is -1.25. The van der Waals surface area contributed by atoms with Gasteiger partial charge in [0.2, 0.25) is 5.91 Å². The fourth-order valence-corrected chi connectivity index (χ4v) is 1.11. The molecule has 0 radical (unpaired) electrons. The number of carbonyl (C=O) groups excluding carboxylic acids is 1. The van der Waals surface area contributed by atoms with Crippen molar-refractivity contribution < 1.29 is 35.1 Å². The second-order valence-electron chi connectivity index (χ2n) is 3.15. The van der Waals surface area contributed by atoms with Crippen LogP contribution < -0.4 is 27.8 Å². The average molecular weight is 284 g/mol. The summed E-state index contributed by atoms with van der Waals surface area (Å²) in [7, 11) is 1.61. The molecule has 0 fully saturated rings. The van der Waals surface area contributed by atoms with Crippen LogP contribution >= 0.6 is 0 Å². The van der Waals surface area contributed by atoms with Crippen molar-refractivity contribution in [1.29, 1.82) is 0 Å². The average Bonchev–Trinajstić information content (AvgIpc) is 2.19. The van der Waals surface area contributed by atoms with Crippen molar-refractivity contribution in [3.05, 3.63) is 24.3 Å². The Labute approximate surface area is 108 Å². The van der Waals surface area contributed by atoms with E-state index in [1.807, 2.05) is 0 Å². The van der Waals surface area contributed by atoms with Crippen molar-refractivity contribution in [1.82, 2.24) is 5.32 Å². The van der Waals surface area contributed by atoms with E-state index in [9.17, 15) is 18.0 Å². The van der Waals surface area contributed by atoms with Gasteiger partial charge < -0.3 is 27.8 Å². The topological polar surface area (TPSA) is 50.4 Å². The Morgan fingerprint density at radius 2 is 1.83 bits per heavy atom. The minimum absolute atomic E-state index is 0. The summed E-state index contributed by atoms with van der Waals surface area (Å²) in [5.41, 5.74) is 0.403. The third-order valence-corrected chi connectivity index (χ3v) is 1.71.